The number of hydrogen-bond donors (Lipinski definition) is 2. The predicted molar refractivity (Wildman–Crippen MR) is 79.8 cm³/mol. The minimum atomic E-state index is 0.671. The predicted octanol–water partition coefficient (Wildman–Crippen LogP) is 1.04. The summed E-state index contributed by atoms with van der Waals surface area (Å²) in [5.74, 6) is 0. The molecule has 108 valence electrons. The van der Waals surface area contributed by atoms with Crippen molar-refractivity contribution in [2.45, 2.75) is 19.8 Å². The van der Waals surface area contributed by atoms with Crippen molar-refractivity contribution in [3.63, 3.8) is 0 Å². The first kappa shape index (κ1) is 17.5. The standard InChI is InChI=1S/C8H17N3.C5H9N3/c1-4-9-8-10-6-5-7-11(2)3;6-2-1-5-3-7-4-8-5/h4-7H2,1-3H3;3-4H,1-2,6H2,(H,7,8). The third-order valence-electron chi connectivity index (χ3n) is 2.13. The zero-order valence-electron chi connectivity index (χ0n) is 12.3. The summed E-state index contributed by atoms with van der Waals surface area (Å²) in [4.78, 5) is 16.8. The maximum Gasteiger partial charge on any atom is 0.0923 e. The maximum atomic E-state index is 5.27. The van der Waals surface area contributed by atoms with Gasteiger partial charge in [0.15, 0.2) is 0 Å². The Labute approximate surface area is 115 Å². The zero-order chi connectivity index (χ0) is 14.3. The molecule has 0 aliphatic heterocycles. The van der Waals surface area contributed by atoms with Crippen molar-refractivity contribution >= 4 is 6.01 Å². The molecule has 0 unspecified atom stereocenters. The number of H-pyrrole nitrogens is 1. The molecule has 6 nitrogen and oxygen atoms in total. The van der Waals surface area contributed by atoms with Crippen molar-refractivity contribution in [2.24, 2.45) is 15.7 Å². The van der Waals surface area contributed by atoms with E-state index in [1.54, 1.807) is 6.33 Å². The first-order chi connectivity index (χ1) is 9.20. The third kappa shape index (κ3) is 12.8. The lowest BCUT2D eigenvalue weighted by molar-refractivity contribution is 0.403. The van der Waals surface area contributed by atoms with E-state index in [4.69, 9.17) is 5.73 Å². The Kier molecular flexibility index (Phi) is 11.9. The highest BCUT2D eigenvalue weighted by Crippen LogP contribution is 1.88. The Balaban J connectivity index is 0.000000356. The molecule has 0 saturated heterocycles. The van der Waals surface area contributed by atoms with Gasteiger partial charge in [-0.15, -0.1) is 0 Å². The molecule has 0 fully saturated rings. The molecule has 6 heteroatoms. The minimum Gasteiger partial charge on any atom is -0.351 e. The molecule has 0 atom stereocenters. The van der Waals surface area contributed by atoms with E-state index in [1.165, 1.54) is 0 Å². The summed E-state index contributed by atoms with van der Waals surface area (Å²) in [6.45, 7) is 5.34. The van der Waals surface area contributed by atoms with Crippen molar-refractivity contribution in [3.05, 3.63) is 18.2 Å². The van der Waals surface area contributed by atoms with Crippen LogP contribution < -0.4 is 5.73 Å². The van der Waals surface area contributed by atoms with Gasteiger partial charge in [-0.05, 0) is 40.5 Å². The Morgan fingerprint density at radius 1 is 1.42 bits per heavy atom. The van der Waals surface area contributed by atoms with Crippen molar-refractivity contribution in [1.82, 2.24) is 14.9 Å². The fourth-order valence-corrected chi connectivity index (χ4v) is 1.21. The van der Waals surface area contributed by atoms with Crippen molar-refractivity contribution in [1.29, 1.82) is 0 Å². The van der Waals surface area contributed by atoms with E-state index >= 15 is 0 Å². The number of rotatable bonds is 7. The van der Waals surface area contributed by atoms with Crippen LogP contribution in [-0.4, -0.2) is 61.2 Å². The average Bonchev–Trinajstić information content (AvgIpc) is 2.88. The second-order valence-corrected chi connectivity index (χ2v) is 4.21. The van der Waals surface area contributed by atoms with Gasteiger partial charge in [-0.2, -0.15) is 0 Å². The van der Waals surface area contributed by atoms with Crippen LogP contribution in [0.15, 0.2) is 22.5 Å². The number of nitrogens with two attached hydrogens (primary N) is 1. The topological polar surface area (TPSA) is 82.7 Å². The molecular formula is C13H26N6. The zero-order valence-corrected chi connectivity index (χ0v) is 12.3. The second kappa shape index (κ2) is 13.0. The highest BCUT2D eigenvalue weighted by molar-refractivity contribution is 5.40. The van der Waals surface area contributed by atoms with E-state index in [1.807, 2.05) is 13.1 Å². The molecule has 0 spiro atoms. The van der Waals surface area contributed by atoms with Crippen LogP contribution in [0.3, 0.4) is 0 Å². The van der Waals surface area contributed by atoms with Crippen LogP contribution in [0, 0.1) is 0 Å². The van der Waals surface area contributed by atoms with E-state index in [0.717, 1.165) is 38.2 Å². The average molecular weight is 266 g/mol. The molecule has 1 aromatic heterocycles. The fraction of sp³-hybridized carbons (Fsp3) is 0.692. The number of nitrogens with zero attached hydrogens (tertiary/aromatic N) is 4. The van der Waals surface area contributed by atoms with Crippen molar-refractivity contribution in [2.75, 3.05) is 40.3 Å². The van der Waals surface area contributed by atoms with E-state index < -0.39 is 0 Å². The highest BCUT2D eigenvalue weighted by Gasteiger charge is 1.88. The van der Waals surface area contributed by atoms with Gasteiger partial charge in [0, 0.05) is 19.2 Å². The van der Waals surface area contributed by atoms with Crippen LogP contribution in [-0.2, 0) is 6.42 Å². The molecule has 1 heterocycles. The summed E-state index contributed by atoms with van der Waals surface area (Å²) < 4.78 is 0. The Morgan fingerprint density at radius 3 is 2.74 bits per heavy atom. The van der Waals surface area contributed by atoms with Crippen LogP contribution in [0.4, 0.5) is 0 Å². The van der Waals surface area contributed by atoms with Gasteiger partial charge in [0.05, 0.1) is 24.6 Å². The summed E-state index contributed by atoms with van der Waals surface area (Å²) >= 11 is 0. The van der Waals surface area contributed by atoms with Crippen LogP contribution >= 0.6 is 0 Å². The molecule has 0 aromatic carbocycles. The molecule has 0 saturated carbocycles. The first-order valence-electron chi connectivity index (χ1n) is 6.61. The number of aromatic amines is 1. The highest BCUT2D eigenvalue weighted by atomic mass is 15.0. The third-order valence-corrected chi connectivity index (χ3v) is 2.13. The number of aliphatic imine (C=N–C) groups is 2. The fourth-order valence-electron chi connectivity index (χ4n) is 1.21. The van der Waals surface area contributed by atoms with E-state index in [0.29, 0.717) is 6.54 Å². The monoisotopic (exact) mass is 266 g/mol. The molecule has 0 aliphatic carbocycles. The number of hydrogen-bond acceptors (Lipinski definition) is 5. The van der Waals surface area contributed by atoms with Crippen LogP contribution in [0.1, 0.15) is 19.0 Å². The van der Waals surface area contributed by atoms with Crippen molar-refractivity contribution in [3.8, 4) is 0 Å². The number of nitrogens with one attached hydrogen (secondary N) is 1. The molecule has 0 aliphatic rings. The van der Waals surface area contributed by atoms with E-state index in [2.05, 4.69) is 45.0 Å². The molecule has 0 amide bonds. The van der Waals surface area contributed by atoms with Crippen LogP contribution in [0.25, 0.3) is 0 Å². The summed E-state index contributed by atoms with van der Waals surface area (Å²) in [7, 11) is 4.12. The molecule has 19 heavy (non-hydrogen) atoms. The summed E-state index contributed by atoms with van der Waals surface area (Å²) in [5, 5.41) is 0. The van der Waals surface area contributed by atoms with Gasteiger partial charge in [0.2, 0.25) is 0 Å². The van der Waals surface area contributed by atoms with Gasteiger partial charge in [-0.25, -0.2) is 15.0 Å². The van der Waals surface area contributed by atoms with Gasteiger partial charge >= 0.3 is 0 Å². The largest absolute Gasteiger partial charge is 0.351 e. The van der Waals surface area contributed by atoms with E-state index in [9.17, 15) is 0 Å². The van der Waals surface area contributed by atoms with Crippen LogP contribution in [0.5, 0.6) is 0 Å². The Morgan fingerprint density at radius 2 is 2.21 bits per heavy atom. The normalized spacial score (nSPS) is 9.53. The summed E-state index contributed by atoms with van der Waals surface area (Å²) in [5.41, 5.74) is 6.30. The molecule has 3 N–H and O–H groups in total. The maximum absolute atomic E-state index is 5.27. The molecule has 1 aromatic rings. The smallest absolute Gasteiger partial charge is 0.0923 e. The number of aromatic nitrogens is 2. The lowest BCUT2D eigenvalue weighted by Gasteiger charge is -2.05. The van der Waals surface area contributed by atoms with Gasteiger partial charge in [-0.3, -0.25) is 0 Å². The Bertz CT molecular complexity index is 338. The van der Waals surface area contributed by atoms with Gasteiger partial charge in [-0.1, -0.05) is 0 Å². The second-order valence-electron chi connectivity index (χ2n) is 4.21. The molecule has 1 rings (SSSR count). The molecule has 0 bridgehead atoms. The van der Waals surface area contributed by atoms with E-state index in [-0.39, 0.29) is 0 Å². The van der Waals surface area contributed by atoms with Crippen molar-refractivity contribution < 1.29 is 0 Å². The minimum absolute atomic E-state index is 0.671. The van der Waals surface area contributed by atoms with Gasteiger partial charge in [0.1, 0.15) is 0 Å². The Hall–Kier alpha value is -1.49. The number of imidazole rings is 1. The molecular weight excluding hydrogens is 240 g/mol. The quantitative estimate of drug-likeness (QED) is 0.571. The summed E-state index contributed by atoms with van der Waals surface area (Å²) in [6.07, 6.45) is 5.46. The summed E-state index contributed by atoms with van der Waals surface area (Å²) in [6, 6.07) is 2.64. The molecule has 0 radical (unpaired) electrons. The SMILES string of the molecule is CCN=C=NCCCN(C)C.NCCc1c[nH]cn1. The van der Waals surface area contributed by atoms with Crippen LogP contribution in [0.2, 0.25) is 0 Å². The van der Waals surface area contributed by atoms with Gasteiger partial charge < -0.3 is 15.6 Å². The lowest BCUT2D eigenvalue weighted by Crippen LogP contribution is -2.13. The van der Waals surface area contributed by atoms with Gasteiger partial charge in [0.25, 0.3) is 0 Å². The lowest BCUT2D eigenvalue weighted by atomic mass is 10.3. The first-order valence-corrected chi connectivity index (χ1v) is 6.61.